The summed E-state index contributed by atoms with van der Waals surface area (Å²) in [6.07, 6.45) is 3.28. The minimum atomic E-state index is -0.459. The van der Waals surface area contributed by atoms with Gasteiger partial charge in [0.05, 0.1) is 24.6 Å². The molecule has 1 aliphatic rings. The van der Waals surface area contributed by atoms with Crippen molar-refractivity contribution in [1.82, 2.24) is 19.7 Å². The number of pyridine rings is 1. The largest absolute Gasteiger partial charge is 0.497 e. The molecule has 2 N–H and O–H groups in total. The monoisotopic (exact) mass is 452 g/mol. The lowest BCUT2D eigenvalue weighted by Gasteiger charge is -2.28. The minimum Gasteiger partial charge on any atom is -0.497 e. The molecule has 5 rings (SSSR count). The Bertz CT molecular complexity index is 1390. The van der Waals surface area contributed by atoms with Crippen molar-refractivity contribution in [1.29, 1.82) is 0 Å². The molecule has 0 saturated carbocycles. The van der Waals surface area contributed by atoms with Gasteiger partial charge in [-0.15, -0.1) is 5.10 Å². The first-order chi connectivity index (χ1) is 16.5. The van der Waals surface area contributed by atoms with Crippen LogP contribution < -0.4 is 15.4 Å². The first-order valence-electron chi connectivity index (χ1n) is 10.9. The molecule has 8 heteroatoms. The Labute approximate surface area is 197 Å². The number of allylic oxidation sites excluding steroid dienone is 1. The van der Waals surface area contributed by atoms with Crippen molar-refractivity contribution in [2.75, 3.05) is 17.7 Å². The number of rotatable bonds is 5. The lowest BCUT2D eigenvalue weighted by atomic mass is 9.94. The van der Waals surface area contributed by atoms with Crippen LogP contribution in [0.15, 0.2) is 84.3 Å². The Morgan fingerprint density at radius 1 is 1.09 bits per heavy atom. The number of anilines is 2. The number of ether oxygens (including phenoxy) is 1. The van der Waals surface area contributed by atoms with E-state index in [1.54, 1.807) is 36.3 Å². The fourth-order valence-electron chi connectivity index (χ4n) is 4.11. The molecule has 0 bridgehead atoms. The van der Waals surface area contributed by atoms with Gasteiger partial charge in [-0.1, -0.05) is 42.0 Å². The van der Waals surface area contributed by atoms with Crippen molar-refractivity contribution in [2.24, 2.45) is 0 Å². The zero-order chi connectivity index (χ0) is 23.7. The normalized spacial score (nSPS) is 14.9. The maximum Gasteiger partial charge on any atom is 0.255 e. The van der Waals surface area contributed by atoms with Crippen molar-refractivity contribution in [2.45, 2.75) is 19.9 Å². The average molecular weight is 453 g/mol. The van der Waals surface area contributed by atoms with Gasteiger partial charge in [0.25, 0.3) is 5.91 Å². The van der Waals surface area contributed by atoms with Gasteiger partial charge in [0.1, 0.15) is 11.8 Å². The van der Waals surface area contributed by atoms with Crippen LogP contribution in [-0.4, -0.2) is 32.8 Å². The van der Waals surface area contributed by atoms with Gasteiger partial charge in [0.2, 0.25) is 5.95 Å². The van der Waals surface area contributed by atoms with Gasteiger partial charge in [-0.25, -0.2) is 4.68 Å². The van der Waals surface area contributed by atoms with Gasteiger partial charge >= 0.3 is 0 Å². The summed E-state index contributed by atoms with van der Waals surface area (Å²) in [5.41, 5.74) is 4.76. The molecule has 0 fully saturated rings. The van der Waals surface area contributed by atoms with E-state index in [1.165, 1.54) is 0 Å². The van der Waals surface area contributed by atoms with E-state index < -0.39 is 6.04 Å². The number of carbonyl (C=O) groups is 1. The number of fused-ring (bicyclic) bond motifs is 1. The zero-order valence-corrected chi connectivity index (χ0v) is 19.1. The summed E-state index contributed by atoms with van der Waals surface area (Å²) in [6.45, 7) is 3.91. The Morgan fingerprint density at radius 3 is 2.71 bits per heavy atom. The summed E-state index contributed by atoms with van der Waals surface area (Å²) >= 11 is 0. The number of hydrogen-bond donors (Lipinski definition) is 2. The van der Waals surface area contributed by atoms with Crippen LogP contribution in [0.4, 0.5) is 11.6 Å². The lowest BCUT2D eigenvalue weighted by molar-refractivity contribution is -0.113. The predicted octanol–water partition coefficient (Wildman–Crippen LogP) is 4.58. The average Bonchev–Trinajstić information content (AvgIpc) is 3.27. The molecule has 0 saturated heterocycles. The fraction of sp³-hybridized carbons (Fsp3) is 0.154. The highest BCUT2D eigenvalue weighted by molar-refractivity contribution is 6.05. The number of benzene rings is 2. The summed E-state index contributed by atoms with van der Waals surface area (Å²) in [7, 11) is 1.63. The first kappa shape index (κ1) is 21.4. The number of nitrogens with one attached hydrogen (secondary N) is 2. The molecule has 1 atom stereocenters. The van der Waals surface area contributed by atoms with E-state index in [4.69, 9.17) is 14.8 Å². The highest BCUT2D eigenvalue weighted by atomic mass is 16.5. The number of aromatic nitrogens is 4. The zero-order valence-electron chi connectivity index (χ0n) is 19.1. The van der Waals surface area contributed by atoms with Crippen LogP contribution in [0, 0.1) is 6.92 Å². The van der Waals surface area contributed by atoms with Crippen molar-refractivity contribution in [3.05, 3.63) is 95.5 Å². The molecule has 170 valence electrons. The van der Waals surface area contributed by atoms with Crippen molar-refractivity contribution in [3.63, 3.8) is 0 Å². The van der Waals surface area contributed by atoms with Gasteiger partial charge in [-0.2, -0.15) is 4.98 Å². The van der Waals surface area contributed by atoms with Crippen LogP contribution in [-0.2, 0) is 4.79 Å². The number of carbonyl (C=O) groups excluding carboxylic acids is 1. The van der Waals surface area contributed by atoms with Crippen molar-refractivity contribution in [3.8, 4) is 17.1 Å². The minimum absolute atomic E-state index is 0.228. The van der Waals surface area contributed by atoms with E-state index in [9.17, 15) is 4.79 Å². The number of hydrogen-bond acceptors (Lipinski definition) is 6. The van der Waals surface area contributed by atoms with Crippen molar-refractivity contribution < 1.29 is 9.53 Å². The van der Waals surface area contributed by atoms with E-state index in [0.717, 1.165) is 22.4 Å². The molecule has 2 aromatic carbocycles. The Morgan fingerprint density at radius 2 is 1.94 bits per heavy atom. The third kappa shape index (κ3) is 4.01. The Kier molecular flexibility index (Phi) is 5.55. The van der Waals surface area contributed by atoms with Gasteiger partial charge in [0.15, 0.2) is 5.82 Å². The van der Waals surface area contributed by atoms with E-state index in [-0.39, 0.29) is 5.91 Å². The fourth-order valence-corrected chi connectivity index (χ4v) is 4.11. The van der Waals surface area contributed by atoms with E-state index in [0.29, 0.717) is 28.7 Å². The summed E-state index contributed by atoms with van der Waals surface area (Å²) < 4.78 is 7.13. The van der Waals surface area contributed by atoms with Gasteiger partial charge in [-0.05, 0) is 43.7 Å². The maximum absolute atomic E-state index is 13.5. The summed E-state index contributed by atoms with van der Waals surface area (Å²) in [5.74, 6) is 1.61. The molecule has 2 aromatic heterocycles. The summed E-state index contributed by atoms with van der Waals surface area (Å²) in [6, 6.07) is 18.8. The molecule has 1 amide bonds. The predicted molar refractivity (Wildman–Crippen MR) is 131 cm³/mol. The molecular weight excluding hydrogens is 428 g/mol. The van der Waals surface area contributed by atoms with E-state index >= 15 is 0 Å². The van der Waals surface area contributed by atoms with Crippen molar-refractivity contribution >= 4 is 17.5 Å². The number of methoxy groups -OCH3 is 1. The first-order valence-corrected chi connectivity index (χ1v) is 10.9. The molecule has 0 radical (unpaired) electrons. The van der Waals surface area contributed by atoms with Gasteiger partial charge in [-0.3, -0.25) is 9.78 Å². The highest BCUT2D eigenvalue weighted by Gasteiger charge is 2.34. The smallest absolute Gasteiger partial charge is 0.255 e. The van der Waals surface area contributed by atoms with Crippen LogP contribution in [0.5, 0.6) is 5.75 Å². The van der Waals surface area contributed by atoms with Crippen LogP contribution >= 0.6 is 0 Å². The highest BCUT2D eigenvalue weighted by Crippen LogP contribution is 2.37. The molecule has 34 heavy (non-hydrogen) atoms. The van der Waals surface area contributed by atoms with E-state index in [2.05, 4.69) is 21.7 Å². The summed E-state index contributed by atoms with van der Waals surface area (Å²) in [5, 5.41) is 11.1. The molecular formula is C26H24N6O2. The second-order valence-electron chi connectivity index (χ2n) is 8.11. The van der Waals surface area contributed by atoms with Crippen LogP contribution in [0.3, 0.4) is 0 Å². The SMILES string of the molecule is COc1cccc(-c2nc3n(n2)C(c2cccc(C)c2)C(C(=O)Nc2cccnc2)=C(C)N3)c1. The third-order valence-electron chi connectivity index (χ3n) is 5.70. The van der Waals surface area contributed by atoms with E-state index in [1.807, 2.05) is 56.3 Å². The molecule has 0 spiro atoms. The van der Waals surface area contributed by atoms with Gasteiger partial charge in [0, 0.05) is 17.5 Å². The molecule has 8 nitrogen and oxygen atoms in total. The number of amides is 1. The van der Waals surface area contributed by atoms with Crippen LogP contribution in [0.25, 0.3) is 11.4 Å². The standard InChI is InChI=1S/C26H24N6O2/c1-16-7-4-8-18(13-16)23-22(25(33)29-20-10-6-12-27-15-20)17(2)28-26-30-24(31-32(23)26)19-9-5-11-21(14-19)34-3/h4-15,23H,1-3H3,(H,29,33)(H,28,30,31). The molecule has 4 aromatic rings. The summed E-state index contributed by atoms with van der Waals surface area (Å²) in [4.78, 5) is 22.3. The van der Waals surface area contributed by atoms with Crippen LogP contribution in [0.1, 0.15) is 24.1 Å². The topological polar surface area (TPSA) is 94.0 Å². The Balaban J connectivity index is 1.61. The van der Waals surface area contributed by atoms with Crippen LogP contribution in [0.2, 0.25) is 0 Å². The Hall–Kier alpha value is -4.46. The molecule has 3 heterocycles. The quantitative estimate of drug-likeness (QED) is 0.460. The second-order valence-corrected chi connectivity index (χ2v) is 8.11. The molecule has 0 aliphatic carbocycles. The molecule has 1 unspecified atom stereocenters. The number of nitrogens with zero attached hydrogens (tertiary/aromatic N) is 4. The van der Waals surface area contributed by atoms with Gasteiger partial charge < -0.3 is 15.4 Å². The number of aryl methyl sites for hydroxylation is 1. The molecule has 1 aliphatic heterocycles. The lowest BCUT2D eigenvalue weighted by Crippen LogP contribution is -2.31. The second kappa shape index (κ2) is 8.82. The third-order valence-corrected chi connectivity index (χ3v) is 5.70. The maximum atomic E-state index is 13.5.